The summed E-state index contributed by atoms with van der Waals surface area (Å²) < 4.78 is 54.9. The summed E-state index contributed by atoms with van der Waals surface area (Å²) in [6.07, 6.45) is -0.636. The van der Waals surface area contributed by atoms with Gasteiger partial charge in [0.15, 0.2) is 0 Å². The van der Waals surface area contributed by atoms with Gasteiger partial charge in [-0.3, -0.25) is 0 Å². The lowest BCUT2D eigenvalue weighted by molar-refractivity contribution is -0.0386. The molecule has 0 saturated carbocycles. The van der Waals surface area contributed by atoms with Gasteiger partial charge < -0.3 is 14.0 Å². The minimum atomic E-state index is -3.52. The average Bonchev–Trinajstić information content (AvgIpc) is 2.67. The van der Waals surface area contributed by atoms with Gasteiger partial charge in [0.2, 0.25) is 0 Å². The van der Waals surface area contributed by atoms with Crippen LogP contribution in [-0.2, 0) is 14.0 Å². The monoisotopic (exact) mass is 366 g/mol. The smallest absolute Gasteiger partial charge is 0.149 e. The molecule has 0 aliphatic carbocycles. The van der Waals surface area contributed by atoms with Gasteiger partial charge in [-0.15, -0.1) is 0 Å². The Morgan fingerprint density at radius 1 is 0.920 bits per heavy atom. The van der Waals surface area contributed by atoms with Gasteiger partial charge in [-0.1, -0.05) is 31.2 Å². The third-order valence-electron chi connectivity index (χ3n) is 4.69. The molecule has 0 aromatic heterocycles. The highest BCUT2D eigenvalue weighted by molar-refractivity contribution is 7.79. The molecule has 0 bridgehead atoms. The van der Waals surface area contributed by atoms with Crippen LogP contribution in [0.25, 0.3) is 0 Å². The van der Waals surface area contributed by atoms with E-state index in [4.69, 9.17) is 9.47 Å². The number of hydrogen-bond acceptors (Lipinski definition) is 3. The molecule has 0 fully saturated rings. The van der Waals surface area contributed by atoms with Crippen molar-refractivity contribution in [3.05, 3.63) is 59.2 Å². The largest absolute Gasteiger partial charge is 0.374 e. The fourth-order valence-corrected chi connectivity index (χ4v) is 7.14. The van der Waals surface area contributed by atoms with E-state index >= 15 is 0 Å². The molecule has 0 unspecified atom stereocenters. The molecule has 3 nitrogen and oxygen atoms in total. The second-order valence-electron chi connectivity index (χ2n) is 6.13. The van der Waals surface area contributed by atoms with Gasteiger partial charge in [0.1, 0.15) is 31.0 Å². The van der Waals surface area contributed by atoms with Crippen LogP contribution in [0.1, 0.15) is 36.7 Å². The minimum Gasteiger partial charge on any atom is -0.374 e. The SMILES string of the molecule is CCCP1(=O)c2c(F)cccc2[C@@H](OC)[C@H](OC)c2cccc(F)c21. The summed E-state index contributed by atoms with van der Waals surface area (Å²) in [4.78, 5) is 0. The zero-order chi connectivity index (χ0) is 18.2. The predicted molar refractivity (Wildman–Crippen MR) is 94.3 cm³/mol. The first-order valence-electron chi connectivity index (χ1n) is 8.22. The first kappa shape index (κ1) is 18.2. The molecule has 1 aliphatic rings. The fraction of sp³-hybridized carbons (Fsp3) is 0.368. The first-order chi connectivity index (χ1) is 12.0. The molecule has 0 saturated heterocycles. The van der Waals surface area contributed by atoms with Crippen molar-refractivity contribution in [2.45, 2.75) is 25.6 Å². The molecule has 2 aromatic rings. The number of hydrogen-bond donors (Lipinski definition) is 0. The van der Waals surface area contributed by atoms with Crippen LogP contribution in [0.5, 0.6) is 0 Å². The topological polar surface area (TPSA) is 35.5 Å². The molecule has 0 amide bonds. The summed E-state index contributed by atoms with van der Waals surface area (Å²) in [7, 11) is -0.550. The molecule has 0 N–H and O–H groups in total. The van der Waals surface area contributed by atoms with Gasteiger partial charge in [0.05, 0.1) is 10.6 Å². The van der Waals surface area contributed by atoms with Crippen molar-refractivity contribution >= 4 is 17.8 Å². The molecule has 0 radical (unpaired) electrons. The summed E-state index contributed by atoms with van der Waals surface area (Å²) >= 11 is 0. The zero-order valence-corrected chi connectivity index (χ0v) is 15.4. The van der Waals surface area contributed by atoms with Crippen LogP contribution in [-0.4, -0.2) is 20.4 Å². The molecule has 2 aromatic carbocycles. The number of rotatable bonds is 4. The van der Waals surface area contributed by atoms with Gasteiger partial charge in [0.25, 0.3) is 0 Å². The van der Waals surface area contributed by atoms with Crippen molar-refractivity contribution in [1.29, 1.82) is 0 Å². The number of fused-ring (bicyclic) bond motifs is 2. The van der Waals surface area contributed by atoms with Crippen LogP contribution < -0.4 is 10.6 Å². The standard InChI is InChI=1S/C19H21F2O3P/c1-4-11-25(22)18-12(7-5-9-14(18)20)16(23-2)17(24-3)13-8-6-10-15(21)19(13)25/h5-10,16-17H,4,11H2,1-3H3/t16-,17-/m1/s1. The van der Waals surface area contributed by atoms with Crippen LogP contribution in [0, 0.1) is 11.6 Å². The fourth-order valence-electron chi connectivity index (χ4n) is 3.76. The molecular formula is C19H21F2O3P. The third-order valence-corrected chi connectivity index (χ3v) is 8.16. The molecule has 3 rings (SSSR count). The predicted octanol–water partition coefficient (Wildman–Crippen LogP) is 4.08. The average molecular weight is 366 g/mol. The lowest BCUT2D eigenvalue weighted by atomic mass is 9.98. The van der Waals surface area contributed by atoms with E-state index in [2.05, 4.69) is 0 Å². The van der Waals surface area contributed by atoms with E-state index < -0.39 is 31.0 Å². The van der Waals surface area contributed by atoms with Crippen molar-refractivity contribution < 1.29 is 22.8 Å². The number of methoxy groups -OCH3 is 2. The second kappa shape index (κ2) is 6.99. The van der Waals surface area contributed by atoms with Crippen molar-refractivity contribution in [2.24, 2.45) is 0 Å². The highest BCUT2D eigenvalue weighted by Gasteiger charge is 2.44. The second-order valence-corrected chi connectivity index (χ2v) is 8.95. The normalized spacial score (nSPS) is 21.3. The van der Waals surface area contributed by atoms with Crippen LogP contribution in [0.3, 0.4) is 0 Å². The summed E-state index contributed by atoms with van der Waals surface area (Å²) in [5.74, 6) is -1.19. The Hall–Kier alpha value is -1.55. The highest BCUT2D eigenvalue weighted by Crippen LogP contribution is 2.53. The summed E-state index contributed by atoms with van der Waals surface area (Å²) in [5, 5.41) is 0.129. The van der Waals surface area contributed by atoms with Crippen LogP contribution in [0.4, 0.5) is 8.78 Å². The summed E-state index contributed by atoms with van der Waals surface area (Å²) in [6.45, 7) is 1.85. The van der Waals surface area contributed by atoms with Gasteiger partial charge in [-0.2, -0.15) is 0 Å². The van der Waals surface area contributed by atoms with Gasteiger partial charge in [0, 0.05) is 20.4 Å². The Morgan fingerprint density at radius 3 is 1.72 bits per heavy atom. The Balaban J connectivity index is 2.48. The van der Waals surface area contributed by atoms with E-state index in [1.54, 1.807) is 24.3 Å². The van der Waals surface area contributed by atoms with Crippen molar-refractivity contribution in [2.75, 3.05) is 20.4 Å². The van der Waals surface area contributed by atoms with E-state index in [0.29, 0.717) is 17.5 Å². The van der Waals surface area contributed by atoms with E-state index in [0.717, 1.165) is 0 Å². The quantitative estimate of drug-likeness (QED) is 0.765. The van der Waals surface area contributed by atoms with E-state index in [9.17, 15) is 13.3 Å². The van der Waals surface area contributed by atoms with Gasteiger partial charge >= 0.3 is 0 Å². The molecule has 25 heavy (non-hydrogen) atoms. The van der Waals surface area contributed by atoms with Crippen molar-refractivity contribution in [1.82, 2.24) is 0 Å². The Bertz CT molecular complexity index is 774. The Morgan fingerprint density at radius 2 is 1.36 bits per heavy atom. The van der Waals surface area contributed by atoms with E-state index in [-0.39, 0.29) is 16.8 Å². The third kappa shape index (κ3) is 2.75. The van der Waals surface area contributed by atoms with Crippen LogP contribution >= 0.6 is 7.14 Å². The molecule has 2 atom stereocenters. The molecule has 1 aliphatic heterocycles. The summed E-state index contributed by atoms with van der Waals surface area (Å²) in [5.41, 5.74) is 0.920. The summed E-state index contributed by atoms with van der Waals surface area (Å²) in [6, 6.07) is 9.00. The number of ether oxygens (including phenoxy) is 2. The molecule has 1 heterocycles. The Kier molecular flexibility index (Phi) is 5.10. The van der Waals surface area contributed by atoms with Crippen LogP contribution in [0.2, 0.25) is 0 Å². The van der Waals surface area contributed by atoms with Gasteiger partial charge in [-0.25, -0.2) is 8.78 Å². The maximum Gasteiger partial charge on any atom is 0.149 e. The Labute approximate surface area is 146 Å². The van der Waals surface area contributed by atoms with Gasteiger partial charge in [-0.05, 0) is 29.7 Å². The minimum absolute atomic E-state index is 0.0644. The van der Waals surface area contributed by atoms with E-state index in [1.807, 2.05) is 6.92 Å². The lowest BCUT2D eigenvalue weighted by Gasteiger charge is -2.25. The first-order valence-corrected chi connectivity index (χ1v) is 10.1. The maximum absolute atomic E-state index is 14.8. The highest BCUT2D eigenvalue weighted by atomic mass is 31.2. The molecule has 0 spiro atoms. The lowest BCUT2D eigenvalue weighted by Crippen LogP contribution is -2.26. The number of halogens is 2. The van der Waals surface area contributed by atoms with Crippen molar-refractivity contribution in [3.63, 3.8) is 0 Å². The van der Waals surface area contributed by atoms with Crippen LogP contribution in [0.15, 0.2) is 36.4 Å². The van der Waals surface area contributed by atoms with Crippen molar-refractivity contribution in [3.8, 4) is 0 Å². The molecule has 134 valence electrons. The molecular weight excluding hydrogens is 345 g/mol. The maximum atomic E-state index is 14.8. The zero-order valence-electron chi connectivity index (χ0n) is 14.5. The number of benzene rings is 2. The van der Waals surface area contributed by atoms with E-state index in [1.165, 1.54) is 26.4 Å². The molecule has 6 heteroatoms.